The van der Waals surface area contributed by atoms with Crippen LogP contribution in [0.1, 0.15) is 78.6 Å². The van der Waals surface area contributed by atoms with E-state index in [1.54, 1.807) is 13.3 Å². The Bertz CT molecular complexity index is 983. The van der Waals surface area contributed by atoms with Crippen LogP contribution < -0.4 is 5.73 Å². The van der Waals surface area contributed by atoms with Crippen molar-refractivity contribution < 1.29 is 9.84 Å². The molecule has 4 aliphatic carbocycles. The first kappa shape index (κ1) is 27.1. The monoisotopic (exact) mass is 493 g/mol. The Morgan fingerprint density at radius 2 is 1.86 bits per heavy atom. The van der Waals surface area contributed by atoms with E-state index in [1.807, 2.05) is 0 Å². The fourth-order valence-corrected chi connectivity index (χ4v) is 10.2. The summed E-state index contributed by atoms with van der Waals surface area (Å²) < 4.78 is 5.43. The number of allylic oxidation sites excluding steroid dienone is 3. The molecule has 3 unspecified atom stereocenters. The van der Waals surface area contributed by atoms with E-state index in [1.165, 1.54) is 6.20 Å². The fourth-order valence-electron chi connectivity index (χ4n) is 10.2. The number of nitrogens with two attached hydrogens (primary N) is 1. The summed E-state index contributed by atoms with van der Waals surface area (Å²) in [6.45, 7) is 16.5. The lowest BCUT2D eigenvalue weighted by atomic mass is 9.35. The average Bonchev–Trinajstić information content (AvgIpc) is 3.16. The van der Waals surface area contributed by atoms with E-state index < -0.39 is 5.60 Å². The first-order valence-corrected chi connectivity index (χ1v) is 13.9. The third kappa shape index (κ3) is 3.74. The molecule has 5 heteroatoms. The van der Waals surface area contributed by atoms with Gasteiger partial charge in [0.15, 0.2) is 0 Å². The normalized spacial score (nSPS) is 47.3. The van der Waals surface area contributed by atoms with Crippen molar-refractivity contribution in [3.63, 3.8) is 0 Å². The molecule has 4 aliphatic rings. The van der Waals surface area contributed by atoms with Crippen LogP contribution in [0.25, 0.3) is 0 Å². The van der Waals surface area contributed by atoms with Crippen molar-refractivity contribution in [3.05, 3.63) is 37.1 Å². The van der Waals surface area contributed by atoms with Crippen molar-refractivity contribution in [2.75, 3.05) is 13.7 Å². The van der Waals surface area contributed by atoms with Gasteiger partial charge in [0.25, 0.3) is 0 Å². The van der Waals surface area contributed by atoms with Gasteiger partial charge in [0.1, 0.15) is 6.07 Å². The summed E-state index contributed by atoms with van der Waals surface area (Å²) in [5, 5.41) is 20.6. The third-order valence-corrected chi connectivity index (χ3v) is 11.7. The quantitative estimate of drug-likeness (QED) is 0.260. The molecule has 4 rings (SSSR count). The van der Waals surface area contributed by atoms with Gasteiger partial charge < -0.3 is 15.6 Å². The van der Waals surface area contributed by atoms with Crippen LogP contribution in [0.15, 0.2) is 42.1 Å². The molecule has 0 aliphatic heterocycles. The molecule has 198 valence electrons. The van der Waals surface area contributed by atoms with Crippen LogP contribution in [0, 0.1) is 50.7 Å². The summed E-state index contributed by atoms with van der Waals surface area (Å²) in [4.78, 5) is 4.81. The minimum absolute atomic E-state index is 0.0390. The van der Waals surface area contributed by atoms with E-state index >= 15 is 0 Å². The van der Waals surface area contributed by atoms with E-state index in [9.17, 15) is 10.4 Å². The molecule has 36 heavy (non-hydrogen) atoms. The second-order valence-electron chi connectivity index (χ2n) is 13.0. The lowest BCUT2D eigenvalue weighted by Gasteiger charge is -2.69. The molecule has 0 saturated heterocycles. The summed E-state index contributed by atoms with van der Waals surface area (Å²) in [5.74, 6) is 1.45. The Kier molecular flexibility index (Phi) is 7.12. The van der Waals surface area contributed by atoms with E-state index in [0.717, 1.165) is 57.8 Å². The van der Waals surface area contributed by atoms with E-state index in [0.29, 0.717) is 29.9 Å². The third-order valence-electron chi connectivity index (χ3n) is 11.7. The molecule has 0 aromatic rings. The maximum absolute atomic E-state index is 11.3. The number of methoxy groups -OCH3 is 1. The van der Waals surface area contributed by atoms with Gasteiger partial charge >= 0.3 is 0 Å². The number of hydrogen-bond acceptors (Lipinski definition) is 5. The van der Waals surface area contributed by atoms with E-state index in [2.05, 4.69) is 52.2 Å². The van der Waals surface area contributed by atoms with Gasteiger partial charge in [-0.3, -0.25) is 4.99 Å². The van der Waals surface area contributed by atoms with Crippen molar-refractivity contribution in [1.29, 1.82) is 5.26 Å². The summed E-state index contributed by atoms with van der Waals surface area (Å²) in [6.07, 6.45) is 17.0. The molecule has 0 amide bonds. The van der Waals surface area contributed by atoms with Gasteiger partial charge in [0.2, 0.25) is 0 Å². The first-order valence-electron chi connectivity index (χ1n) is 13.9. The minimum Gasteiger partial charge on any atom is -0.403 e. The molecule has 0 bridgehead atoms. The van der Waals surface area contributed by atoms with Gasteiger partial charge in [-0.25, -0.2) is 0 Å². The van der Waals surface area contributed by atoms with Crippen LogP contribution in [0.4, 0.5) is 0 Å². The SMILES string of the molecule is C=CC12CC[C@]3(C)[C@@H]([C@@H](C)N=CC(C#N)=CN)CCC3(C=C)[C@@H]1CC[C@]1(C)C[C@@](O)(COC)CCC21. The minimum atomic E-state index is -0.722. The zero-order chi connectivity index (χ0) is 26.4. The van der Waals surface area contributed by atoms with Gasteiger partial charge in [0, 0.05) is 19.5 Å². The van der Waals surface area contributed by atoms with E-state index in [4.69, 9.17) is 15.5 Å². The Morgan fingerprint density at radius 1 is 1.14 bits per heavy atom. The largest absolute Gasteiger partial charge is 0.403 e. The van der Waals surface area contributed by atoms with Crippen molar-refractivity contribution in [1.82, 2.24) is 0 Å². The number of rotatable bonds is 7. The molecule has 9 atom stereocenters. The summed E-state index contributed by atoms with van der Waals surface area (Å²) >= 11 is 0. The number of aliphatic imine (C=N–C) groups is 1. The highest BCUT2D eigenvalue weighted by atomic mass is 16.5. The zero-order valence-corrected chi connectivity index (χ0v) is 22.9. The number of nitriles is 1. The molecule has 0 heterocycles. The second-order valence-corrected chi connectivity index (χ2v) is 13.0. The van der Waals surface area contributed by atoms with Crippen molar-refractivity contribution in [2.24, 2.45) is 50.1 Å². The van der Waals surface area contributed by atoms with Gasteiger partial charge in [-0.2, -0.15) is 5.26 Å². The van der Waals surface area contributed by atoms with E-state index in [-0.39, 0.29) is 27.7 Å². The zero-order valence-electron chi connectivity index (χ0n) is 22.9. The Morgan fingerprint density at radius 3 is 2.47 bits per heavy atom. The number of hydrogen-bond donors (Lipinski definition) is 2. The van der Waals surface area contributed by atoms with Gasteiger partial charge in [0.05, 0.1) is 23.8 Å². The van der Waals surface area contributed by atoms with Gasteiger partial charge in [-0.15, -0.1) is 13.2 Å². The van der Waals surface area contributed by atoms with Crippen LogP contribution in [0.3, 0.4) is 0 Å². The second kappa shape index (κ2) is 9.44. The van der Waals surface area contributed by atoms with Crippen LogP contribution in [-0.2, 0) is 4.74 Å². The average molecular weight is 494 g/mol. The predicted octanol–water partition coefficient (Wildman–Crippen LogP) is 5.96. The highest BCUT2D eigenvalue weighted by molar-refractivity contribution is 5.83. The molecule has 4 fully saturated rings. The Labute approximate surface area is 218 Å². The summed E-state index contributed by atoms with van der Waals surface area (Å²) in [6, 6.07) is 2.22. The number of aliphatic hydroxyl groups is 1. The fraction of sp³-hybridized carbons (Fsp3) is 0.742. The Hall–Kier alpha value is -1.90. The molecular formula is C31H47N3O2. The lowest BCUT2D eigenvalue weighted by molar-refractivity contribution is -0.198. The molecule has 0 spiro atoms. The van der Waals surface area contributed by atoms with Crippen molar-refractivity contribution in [3.8, 4) is 6.07 Å². The molecular weight excluding hydrogens is 446 g/mol. The maximum atomic E-state index is 11.3. The van der Waals surface area contributed by atoms with Gasteiger partial charge in [-0.05, 0) is 104 Å². The molecule has 5 nitrogen and oxygen atoms in total. The van der Waals surface area contributed by atoms with Crippen LogP contribution in [0.5, 0.6) is 0 Å². The number of ether oxygens (including phenoxy) is 1. The smallest absolute Gasteiger partial charge is 0.102 e. The van der Waals surface area contributed by atoms with Crippen LogP contribution in [0.2, 0.25) is 0 Å². The first-order chi connectivity index (χ1) is 17.0. The van der Waals surface area contributed by atoms with Crippen molar-refractivity contribution >= 4 is 6.21 Å². The van der Waals surface area contributed by atoms with Crippen molar-refractivity contribution in [2.45, 2.75) is 90.2 Å². The Balaban J connectivity index is 1.69. The highest BCUT2D eigenvalue weighted by Gasteiger charge is 2.70. The molecule has 4 saturated carbocycles. The number of fused-ring (bicyclic) bond motifs is 5. The topological polar surface area (TPSA) is 91.6 Å². The predicted molar refractivity (Wildman–Crippen MR) is 146 cm³/mol. The summed E-state index contributed by atoms with van der Waals surface area (Å²) in [7, 11) is 1.69. The molecule has 3 N–H and O–H groups in total. The maximum Gasteiger partial charge on any atom is 0.102 e. The standard InChI is InChI=1S/C31H47N3O2/c1-7-30-16-15-28(5)24(22(3)34-19-23(17-32)18-33)9-14-31(28,8-2)26(30)10-12-27(4)20-29(35,21-36-6)13-11-25(27)30/h7-8,17,19,22,24-26,35H,1-2,9-16,20-21,32H2,3-6H3/t22-,24-,25?,26-,27-,28-,29-,30?,31?/m1/s1. The highest BCUT2D eigenvalue weighted by Crippen LogP contribution is 2.77. The molecule has 0 radical (unpaired) electrons. The molecule has 0 aromatic carbocycles. The van der Waals surface area contributed by atoms with Crippen LogP contribution in [-0.4, -0.2) is 36.7 Å². The molecule has 0 aromatic heterocycles. The van der Waals surface area contributed by atoms with Gasteiger partial charge in [-0.1, -0.05) is 26.0 Å². The number of nitrogens with zero attached hydrogens (tertiary/aromatic N) is 2. The van der Waals surface area contributed by atoms with Crippen LogP contribution >= 0.6 is 0 Å². The summed E-state index contributed by atoms with van der Waals surface area (Å²) in [5.41, 5.74) is 5.55. The lowest BCUT2D eigenvalue weighted by Crippen LogP contribution is -2.63.